The number of ether oxygens (including phenoxy) is 1. The first-order valence-electron chi connectivity index (χ1n) is 8.95. The zero-order chi connectivity index (χ0) is 13.8. The maximum absolute atomic E-state index is 5.75. The third-order valence-corrected chi connectivity index (χ3v) is 5.79. The van der Waals surface area contributed by atoms with Crippen LogP contribution < -0.4 is 5.32 Å². The van der Waals surface area contributed by atoms with Crippen molar-refractivity contribution in [2.24, 2.45) is 5.92 Å². The van der Waals surface area contributed by atoms with Gasteiger partial charge >= 0.3 is 0 Å². The van der Waals surface area contributed by atoms with Crippen LogP contribution in [0.4, 0.5) is 0 Å². The molecule has 0 aromatic heterocycles. The van der Waals surface area contributed by atoms with Crippen molar-refractivity contribution in [3.63, 3.8) is 0 Å². The van der Waals surface area contributed by atoms with Gasteiger partial charge < -0.3 is 10.1 Å². The Kier molecular flexibility index (Phi) is 5.36. The third kappa shape index (κ3) is 3.37. The van der Waals surface area contributed by atoms with Gasteiger partial charge in [0.2, 0.25) is 0 Å². The molecule has 0 amide bonds. The molecule has 3 fully saturated rings. The minimum atomic E-state index is 0.682. The van der Waals surface area contributed by atoms with E-state index in [1.165, 1.54) is 64.5 Å². The second-order valence-corrected chi connectivity index (χ2v) is 7.04. The molecule has 2 aliphatic heterocycles. The Morgan fingerprint density at radius 1 is 1.10 bits per heavy atom. The molecule has 2 saturated heterocycles. The van der Waals surface area contributed by atoms with E-state index in [4.69, 9.17) is 4.74 Å². The Balaban J connectivity index is 1.62. The maximum Gasteiger partial charge on any atom is 0.0621 e. The van der Waals surface area contributed by atoms with Gasteiger partial charge in [-0.1, -0.05) is 26.2 Å². The smallest absolute Gasteiger partial charge is 0.0621 e. The highest BCUT2D eigenvalue weighted by atomic mass is 16.5. The van der Waals surface area contributed by atoms with Crippen LogP contribution in [-0.4, -0.2) is 49.3 Å². The van der Waals surface area contributed by atoms with Gasteiger partial charge in [-0.2, -0.15) is 0 Å². The summed E-state index contributed by atoms with van der Waals surface area (Å²) in [5.74, 6) is 0.925. The van der Waals surface area contributed by atoms with Crippen LogP contribution in [0.2, 0.25) is 0 Å². The van der Waals surface area contributed by atoms with Crippen LogP contribution in [0, 0.1) is 5.92 Å². The predicted molar refractivity (Wildman–Crippen MR) is 83.0 cm³/mol. The van der Waals surface area contributed by atoms with Crippen molar-refractivity contribution in [1.29, 1.82) is 0 Å². The minimum absolute atomic E-state index is 0.682. The lowest BCUT2D eigenvalue weighted by molar-refractivity contribution is -0.0228. The van der Waals surface area contributed by atoms with Gasteiger partial charge in [-0.25, -0.2) is 0 Å². The lowest BCUT2D eigenvalue weighted by Crippen LogP contribution is -2.62. The van der Waals surface area contributed by atoms with Crippen LogP contribution in [-0.2, 0) is 4.74 Å². The quantitative estimate of drug-likeness (QED) is 0.860. The molecule has 20 heavy (non-hydrogen) atoms. The second kappa shape index (κ2) is 7.24. The average molecular weight is 280 g/mol. The van der Waals surface area contributed by atoms with Crippen molar-refractivity contribution in [3.8, 4) is 0 Å². The number of nitrogens with zero attached hydrogens (tertiary/aromatic N) is 1. The second-order valence-electron chi connectivity index (χ2n) is 7.04. The van der Waals surface area contributed by atoms with E-state index in [1.807, 2.05) is 0 Å². The molecular weight excluding hydrogens is 248 g/mol. The zero-order valence-corrected chi connectivity index (χ0v) is 13.2. The molecule has 0 aromatic carbocycles. The van der Waals surface area contributed by atoms with Crippen LogP contribution in [0.1, 0.15) is 58.3 Å². The standard InChI is InChI=1S/C17H32N2O/c1-2-15-11-18-17(14-7-4-3-5-8-14)12-19(15)16-9-6-10-20-13-16/h14-18H,2-13H2,1H3. The van der Waals surface area contributed by atoms with Crippen molar-refractivity contribution < 1.29 is 4.74 Å². The highest BCUT2D eigenvalue weighted by Crippen LogP contribution is 2.30. The Labute approximate surface area is 124 Å². The molecule has 0 aromatic rings. The lowest BCUT2D eigenvalue weighted by atomic mass is 9.82. The Morgan fingerprint density at radius 3 is 2.65 bits per heavy atom. The van der Waals surface area contributed by atoms with Gasteiger partial charge in [-0.05, 0) is 38.0 Å². The van der Waals surface area contributed by atoms with Gasteiger partial charge in [-0.3, -0.25) is 4.90 Å². The van der Waals surface area contributed by atoms with Crippen LogP contribution >= 0.6 is 0 Å². The average Bonchev–Trinajstić information content (AvgIpc) is 2.56. The molecule has 3 heteroatoms. The lowest BCUT2D eigenvalue weighted by Gasteiger charge is -2.47. The van der Waals surface area contributed by atoms with Gasteiger partial charge in [0.1, 0.15) is 0 Å². The summed E-state index contributed by atoms with van der Waals surface area (Å²) >= 11 is 0. The Morgan fingerprint density at radius 2 is 1.95 bits per heavy atom. The summed E-state index contributed by atoms with van der Waals surface area (Å²) in [6.07, 6.45) is 11.1. The van der Waals surface area contributed by atoms with Crippen LogP contribution in [0.15, 0.2) is 0 Å². The zero-order valence-electron chi connectivity index (χ0n) is 13.2. The number of hydrogen-bond donors (Lipinski definition) is 1. The maximum atomic E-state index is 5.75. The molecule has 0 radical (unpaired) electrons. The van der Waals surface area contributed by atoms with E-state index >= 15 is 0 Å². The van der Waals surface area contributed by atoms with Crippen LogP contribution in [0.5, 0.6) is 0 Å². The fourth-order valence-electron chi connectivity index (χ4n) is 4.51. The summed E-state index contributed by atoms with van der Waals surface area (Å²) in [6.45, 7) is 6.73. The van der Waals surface area contributed by atoms with Crippen molar-refractivity contribution in [2.75, 3.05) is 26.3 Å². The van der Waals surface area contributed by atoms with Crippen molar-refractivity contribution in [2.45, 2.75) is 76.4 Å². The molecule has 3 nitrogen and oxygen atoms in total. The molecule has 3 atom stereocenters. The van der Waals surface area contributed by atoms with Crippen molar-refractivity contribution in [1.82, 2.24) is 10.2 Å². The van der Waals surface area contributed by atoms with E-state index in [1.54, 1.807) is 0 Å². The van der Waals surface area contributed by atoms with Crippen molar-refractivity contribution >= 4 is 0 Å². The largest absolute Gasteiger partial charge is 0.380 e. The molecule has 3 aliphatic rings. The number of rotatable bonds is 3. The summed E-state index contributed by atoms with van der Waals surface area (Å²) in [5.41, 5.74) is 0. The van der Waals surface area contributed by atoms with E-state index < -0.39 is 0 Å². The fourth-order valence-corrected chi connectivity index (χ4v) is 4.51. The first kappa shape index (κ1) is 14.8. The van der Waals surface area contributed by atoms with Crippen molar-refractivity contribution in [3.05, 3.63) is 0 Å². The number of hydrogen-bond acceptors (Lipinski definition) is 3. The summed E-state index contributed by atoms with van der Waals surface area (Å²) in [4.78, 5) is 2.80. The van der Waals surface area contributed by atoms with Crippen LogP contribution in [0.25, 0.3) is 0 Å². The molecule has 1 aliphatic carbocycles. The highest BCUT2D eigenvalue weighted by Gasteiger charge is 2.35. The first-order chi connectivity index (χ1) is 9.88. The number of nitrogens with one attached hydrogen (secondary N) is 1. The van der Waals surface area contributed by atoms with E-state index in [-0.39, 0.29) is 0 Å². The molecule has 116 valence electrons. The molecule has 2 heterocycles. The predicted octanol–water partition coefficient (Wildman–Crippen LogP) is 2.80. The summed E-state index contributed by atoms with van der Waals surface area (Å²) in [5, 5.41) is 3.88. The fraction of sp³-hybridized carbons (Fsp3) is 1.00. The summed E-state index contributed by atoms with van der Waals surface area (Å²) in [7, 11) is 0. The Bertz CT molecular complexity index is 285. The summed E-state index contributed by atoms with van der Waals surface area (Å²) < 4.78 is 5.75. The van der Waals surface area contributed by atoms with Gasteiger partial charge in [0.25, 0.3) is 0 Å². The normalized spacial score (nSPS) is 38.0. The van der Waals surface area contributed by atoms with Gasteiger partial charge in [0.05, 0.1) is 6.61 Å². The first-order valence-corrected chi connectivity index (χ1v) is 8.95. The topological polar surface area (TPSA) is 24.5 Å². The molecule has 3 unspecified atom stereocenters. The van der Waals surface area contributed by atoms with E-state index in [9.17, 15) is 0 Å². The minimum Gasteiger partial charge on any atom is -0.380 e. The molecule has 1 saturated carbocycles. The van der Waals surface area contributed by atoms with E-state index in [2.05, 4.69) is 17.1 Å². The molecule has 3 rings (SSSR count). The molecule has 0 bridgehead atoms. The van der Waals surface area contributed by atoms with Gasteiger partial charge in [0, 0.05) is 37.8 Å². The monoisotopic (exact) mass is 280 g/mol. The Hall–Kier alpha value is -0.120. The van der Waals surface area contributed by atoms with E-state index in [0.717, 1.165) is 31.2 Å². The molecular formula is C17H32N2O. The highest BCUT2D eigenvalue weighted by molar-refractivity contribution is 4.93. The molecule has 0 spiro atoms. The molecule has 1 N–H and O–H groups in total. The van der Waals surface area contributed by atoms with Gasteiger partial charge in [0.15, 0.2) is 0 Å². The summed E-state index contributed by atoms with van der Waals surface area (Å²) in [6, 6.07) is 2.14. The van der Waals surface area contributed by atoms with E-state index in [0.29, 0.717) is 6.04 Å². The van der Waals surface area contributed by atoms with Crippen LogP contribution in [0.3, 0.4) is 0 Å². The number of piperazine rings is 1. The third-order valence-electron chi connectivity index (χ3n) is 5.79. The SMILES string of the molecule is CCC1CNC(C2CCCCC2)CN1C1CCCOC1. The van der Waals surface area contributed by atoms with Gasteiger partial charge in [-0.15, -0.1) is 0 Å².